The van der Waals surface area contributed by atoms with Crippen LogP contribution in [0.4, 0.5) is 0 Å². The van der Waals surface area contributed by atoms with Gasteiger partial charge in [-0.1, -0.05) is 23.7 Å². The second kappa shape index (κ2) is 6.51. The molecule has 0 unspecified atom stereocenters. The van der Waals surface area contributed by atoms with E-state index >= 15 is 0 Å². The third-order valence-corrected chi connectivity index (χ3v) is 2.52. The number of benzene rings is 1. The second-order valence-electron chi connectivity index (χ2n) is 3.81. The van der Waals surface area contributed by atoms with Crippen molar-refractivity contribution in [1.29, 1.82) is 0 Å². The van der Waals surface area contributed by atoms with E-state index in [-0.39, 0.29) is 5.91 Å². The lowest BCUT2D eigenvalue weighted by Crippen LogP contribution is -2.38. The van der Waals surface area contributed by atoms with Gasteiger partial charge in [-0.3, -0.25) is 4.79 Å². The Morgan fingerprint density at radius 1 is 1.44 bits per heavy atom. The van der Waals surface area contributed by atoms with Crippen molar-refractivity contribution >= 4 is 17.5 Å². The number of hydrogen-bond donors (Lipinski definition) is 2. The van der Waals surface area contributed by atoms with E-state index in [0.29, 0.717) is 6.54 Å². The van der Waals surface area contributed by atoms with Gasteiger partial charge in [-0.25, -0.2) is 0 Å². The molecule has 0 radical (unpaired) electrons. The first-order valence-corrected chi connectivity index (χ1v) is 5.75. The highest BCUT2D eigenvalue weighted by Crippen LogP contribution is 2.10. The van der Waals surface area contributed by atoms with Gasteiger partial charge < -0.3 is 11.1 Å². The lowest BCUT2D eigenvalue weighted by atomic mass is 10.1. The summed E-state index contributed by atoms with van der Waals surface area (Å²) in [6, 6.07) is 7.30. The van der Waals surface area contributed by atoms with Crippen molar-refractivity contribution < 1.29 is 4.79 Å². The van der Waals surface area contributed by atoms with E-state index in [1.807, 2.05) is 24.3 Å². The van der Waals surface area contributed by atoms with Gasteiger partial charge in [-0.05, 0) is 37.5 Å². The van der Waals surface area contributed by atoms with Gasteiger partial charge >= 0.3 is 0 Å². The number of halogens is 1. The molecule has 0 aromatic heterocycles. The Labute approximate surface area is 101 Å². The molecule has 0 spiro atoms. The Bertz CT molecular complexity index is 335. The number of nitrogens with one attached hydrogen (secondary N) is 1. The molecule has 1 aromatic carbocycles. The molecular weight excluding hydrogens is 224 g/mol. The van der Waals surface area contributed by atoms with Crippen molar-refractivity contribution in [2.75, 3.05) is 6.54 Å². The molecule has 0 fully saturated rings. The lowest BCUT2D eigenvalue weighted by molar-refractivity contribution is -0.121. The maximum Gasteiger partial charge on any atom is 0.236 e. The highest BCUT2D eigenvalue weighted by Gasteiger charge is 2.04. The predicted molar refractivity (Wildman–Crippen MR) is 66.4 cm³/mol. The summed E-state index contributed by atoms with van der Waals surface area (Å²) in [4.78, 5) is 11.1. The van der Waals surface area contributed by atoms with Gasteiger partial charge in [0.2, 0.25) is 5.91 Å². The van der Waals surface area contributed by atoms with E-state index in [9.17, 15) is 4.79 Å². The van der Waals surface area contributed by atoms with Crippen LogP contribution in [0.3, 0.4) is 0 Å². The highest BCUT2D eigenvalue weighted by atomic mass is 35.5. The van der Waals surface area contributed by atoms with Crippen LogP contribution in [-0.2, 0) is 11.2 Å². The maximum absolute atomic E-state index is 11.1. The van der Waals surface area contributed by atoms with Crippen LogP contribution < -0.4 is 11.1 Å². The van der Waals surface area contributed by atoms with E-state index in [2.05, 4.69) is 5.32 Å². The van der Waals surface area contributed by atoms with Crippen LogP contribution >= 0.6 is 11.6 Å². The number of amides is 1. The number of rotatable bonds is 5. The fraction of sp³-hybridized carbons (Fsp3) is 0.417. The molecule has 1 aromatic rings. The average Bonchev–Trinajstić information content (AvgIpc) is 2.26. The van der Waals surface area contributed by atoms with Gasteiger partial charge in [-0.2, -0.15) is 0 Å². The first-order valence-electron chi connectivity index (χ1n) is 5.37. The summed E-state index contributed by atoms with van der Waals surface area (Å²) in [5.41, 5.74) is 6.64. The summed E-state index contributed by atoms with van der Waals surface area (Å²) in [5, 5.41) is 3.52. The van der Waals surface area contributed by atoms with Crippen molar-refractivity contribution in [2.24, 2.45) is 5.73 Å². The van der Waals surface area contributed by atoms with Crippen LogP contribution in [0.5, 0.6) is 0 Å². The van der Waals surface area contributed by atoms with Gasteiger partial charge in [0, 0.05) is 11.6 Å². The Morgan fingerprint density at radius 2 is 2.06 bits per heavy atom. The van der Waals surface area contributed by atoms with E-state index in [1.54, 1.807) is 6.92 Å². The van der Waals surface area contributed by atoms with Crippen molar-refractivity contribution in [1.82, 2.24) is 5.32 Å². The molecule has 3 nitrogen and oxygen atoms in total. The summed E-state index contributed by atoms with van der Waals surface area (Å²) in [5.74, 6) is -0.101. The van der Waals surface area contributed by atoms with E-state index in [4.69, 9.17) is 17.3 Å². The van der Waals surface area contributed by atoms with Gasteiger partial charge in [0.15, 0.2) is 0 Å². The summed E-state index contributed by atoms with van der Waals surface area (Å²) >= 11 is 5.78. The van der Waals surface area contributed by atoms with Crippen LogP contribution in [0.2, 0.25) is 5.02 Å². The number of aryl methyl sites for hydroxylation is 1. The average molecular weight is 241 g/mol. The quantitative estimate of drug-likeness (QED) is 0.771. The van der Waals surface area contributed by atoms with Crippen LogP contribution in [0.1, 0.15) is 18.9 Å². The molecule has 3 N–H and O–H groups in total. The second-order valence-corrected chi connectivity index (χ2v) is 4.25. The largest absolute Gasteiger partial charge is 0.355 e. The number of carbonyl (C=O) groups is 1. The minimum Gasteiger partial charge on any atom is -0.355 e. The fourth-order valence-electron chi connectivity index (χ4n) is 1.32. The molecule has 88 valence electrons. The number of hydrogen-bond acceptors (Lipinski definition) is 2. The van der Waals surface area contributed by atoms with Gasteiger partial charge in [0.25, 0.3) is 0 Å². The van der Waals surface area contributed by atoms with Crippen molar-refractivity contribution in [3.8, 4) is 0 Å². The normalized spacial score (nSPS) is 12.2. The molecule has 16 heavy (non-hydrogen) atoms. The molecule has 0 aliphatic heterocycles. The zero-order valence-corrected chi connectivity index (χ0v) is 10.1. The summed E-state index contributed by atoms with van der Waals surface area (Å²) in [6.45, 7) is 2.33. The topological polar surface area (TPSA) is 55.1 Å². The first-order chi connectivity index (χ1) is 7.59. The molecule has 0 aliphatic carbocycles. The van der Waals surface area contributed by atoms with Gasteiger partial charge in [0.05, 0.1) is 6.04 Å². The van der Waals surface area contributed by atoms with Crippen molar-refractivity contribution in [3.05, 3.63) is 34.9 Å². The molecule has 0 bridgehead atoms. The third kappa shape index (κ3) is 4.64. The molecule has 1 rings (SSSR count). The third-order valence-electron chi connectivity index (χ3n) is 2.27. The van der Waals surface area contributed by atoms with Crippen LogP contribution in [0, 0.1) is 0 Å². The van der Waals surface area contributed by atoms with E-state index in [1.165, 1.54) is 5.56 Å². The van der Waals surface area contributed by atoms with E-state index in [0.717, 1.165) is 17.9 Å². The Hall–Kier alpha value is -1.06. The van der Waals surface area contributed by atoms with E-state index < -0.39 is 6.04 Å². The monoisotopic (exact) mass is 240 g/mol. The minimum absolute atomic E-state index is 0.101. The van der Waals surface area contributed by atoms with Gasteiger partial charge in [-0.15, -0.1) is 0 Å². The molecule has 1 amide bonds. The smallest absolute Gasteiger partial charge is 0.236 e. The standard InChI is InChI=1S/C12H17ClN2O/c1-9(14)12(16)15-8-2-3-10-4-6-11(13)7-5-10/h4-7,9H,2-3,8,14H2,1H3,(H,15,16)/t9-/m0/s1. The molecule has 0 heterocycles. The fourth-order valence-corrected chi connectivity index (χ4v) is 1.44. The summed E-state index contributed by atoms with van der Waals surface area (Å²) in [6.07, 6.45) is 1.83. The first kappa shape index (κ1) is 13.0. The molecule has 4 heteroatoms. The molecular formula is C12H17ClN2O. The molecule has 1 atom stereocenters. The number of nitrogens with two attached hydrogens (primary N) is 1. The summed E-state index contributed by atoms with van der Waals surface area (Å²) < 4.78 is 0. The summed E-state index contributed by atoms with van der Waals surface area (Å²) in [7, 11) is 0. The Kier molecular flexibility index (Phi) is 5.29. The maximum atomic E-state index is 11.1. The van der Waals surface area contributed by atoms with Crippen molar-refractivity contribution in [2.45, 2.75) is 25.8 Å². The zero-order chi connectivity index (χ0) is 12.0. The SMILES string of the molecule is C[C@H](N)C(=O)NCCCc1ccc(Cl)cc1. The molecule has 0 aliphatic rings. The molecule has 0 saturated heterocycles. The molecule has 0 saturated carbocycles. The lowest BCUT2D eigenvalue weighted by Gasteiger charge is -2.07. The minimum atomic E-state index is -0.435. The zero-order valence-electron chi connectivity index (χ0n) is 9.37. The van der Waals surface area contributed by atoms with Crippen LogP contribution in [-0.4, -0.2) is 18.5 Å². The Balaban J connectivity index is 2.21. The Morgan fingerprint density at radius 3 is 2.62 bits per heavy atom. The van der Waals surface area contributed by atoms with Crippen LogP contribution in [0.15, 0.2) is 24.3 Å². The van der Waals surface area contributed by atoms with Gasteiger partial charge in [0.1, 0.15) is 0 Å². The number of carbonyl (C=O) groups excluding carboxylic acids is 1. The van der Waals surface area contributed by atoms with Crippen LogP contribution in [0.25, 0.3) is 0 Å². The predicted octanol–water partition coefficient (Wildman–Crippen LogP) is 1.74. The van der Waals surface area contributed by atoms with Crippen molar-refractivity contribution in [3.63, 3.8) is 0 Å². The highest BCUT2D eigenvalue weighted by molar-refractivity contribution is 6.30.